The Morgan fingerprint density at radius 3 is 2.85 bits per heavy atom. The number of nitrogens with two attached hydrogens (primary N) is 1. The standard InChI is InChI=1S/C14H19N5.HI/c1-3-11-5-4-6-12(9-11)17-14(15)16-10-13-7-8-19(2)18-13;/h4-9H,3,10H2,1-2H3,(H3,15,16,17);1H. The van der Waals surface area contributed by atoms with Crippen molar-refractivity contribution in [2.24, 2.45) is 17.8 Å². The molecule has 0 radical (unpaired) electrons. The minimum Gasteiger partial charge on any atom is -0.370 e. The lowest BCUT2D eigenvalue weighted by atomic mass is 10.1. The van der Waals surface area contributed by atoms with Gasteiger partial charge in [-0.15, -0.1) is 24.0 Å². The van der Waals surface area contributed by atoms with E-state index < -0.39 is 0 Å². The highest BCUT2D eigenvalue weighted by Gasteiger charge is 1.98. The number of hydrogen-bond acceptors (Lipinski definition) is 2. The summed E-state index contributed by atoms with van der Waals surface area (Å²) < 4.78 is 1.75. The van der Waals surface area contributed by atoms with Gasteiger partial charge in [-0.05, 0) is 30.2 Å². The molecular formula is C14H20IN5. The van der Waals surface area contributed by atoms with Gasteiger partial charge in [-0.3, -0.25) is 4.68 Å². The number of aromatic nitrogens is 2. The van der Waals surface area contributed by atoms with Gasteiger partial charge >= 0.3 is 0 Å². The Kier molecular flexibility index (Phi) is 6.50. The van der Waals surface area contributed by atoms with Gasteiger partial charge < -0.3 is 11.1 Å². The molecule has 2 aromatic rings. The number of rotatable bonds is 4. The smallest absolute Gasteiger partial charge is 0.193 e. The molecule has 0 bridgehead atoms. The van der Waals surface area contributed by atoms with Crippen molar-refractivity contribution in [2.75, 3.05) is 5.32 Å². The summed E-state index contributed by atoms with van der Waals surface area (Å²) in [6.07, 6.45) is 2.89. The SMILES string of the molecule is CCc1cccc(NC(N)=NCc2ccn(C)n2)c1.I. The first-order valence-electron chi connectivity index (χ1n) is 6.32. The number of anilines is 1. The van der Waals surface area contributed by atoms with Gasteiger partial charge in [0.25, 0.3) is 0 Å². The third kappa shape index (κ3) is 4.84. The minimum absolute atomic E-state index is 0. The largest absolute Gasteiger partial charge is 0.370 e. The van der Waals surface area contributed by atoms with Gasteiger partial charge in [-0.2, -0.15) is 5.10 Å². The third-order valence-electron chi connectivity index (χ3n) is 2.79. The molecule has 0 saturated heterocycles. The van der Waals surface area contributed by atoms with E-state index in [1.807, 2.05) is 31.4 Å². The van der Waals surface area contributed by atoms with Crippen LogP contribution in [0.5, 0.6) is 0 Å². The van der Waals surface area contributed by atoms with Crippen LogP contribution in [0, 0.1) is 0 Å². The van der Waals surface area contributed by atoms with Crippen LogP contribution in [0.4, 0.5) is 5.69 Å². The summed E-state index contributed by atoms with van der Waals surface area (Å²) in [7, 11) is 1.88. The van der Waals surface area contributed by atoms with Crippen molar-refractivity contribution >= 4 is 35.6 Å². The number of nitrogens with one attached hydrogen (secondary N) is 1. The fraction of sp³-hybridized carbons (Fsp3) is 0.286. The van der Waals surface area contributed by atoms with Crippen molar-refractivity contribution < 1.29 is 0 Å². The lowest BCUT2D eigenvalue weighted by Crippen LogP contribution is -2.22. The summed E-state index contributed by atoms with van der Waals surface area (Å²) in [4.78, 5) is 4.27. The Bertz CT molecular complexity index is 576. The Morgan fingerprint density at radius 2 is 2.20 bits per heavy atom. The molecule has 0 unspecified atom stereocenters. The van der Waals surface area contributed by atoms with E-state index in [-0.39, 0.29) is 24.0 Å². The summed E-state index contributed by atoms with van der Waals surface area (Å²) in [6.45, 7) is 2.60. The lowest BCUT2D eigenvalue weighted by molar-refractivity contribution is 0.743. The van der Waals surface area contributed by atoms with Gasteiger partial charge in [0.05, 0.1) is 12.2 Å². The number of aryl methyl sites for hydroxylation is 2. The average Bonchev–Trinajstić information content (AvgIpc) is 2.82. The molecule has 0 aliphatic heterocycles. The van der Waals surface area contributed by atoms with Crippen LogP contribution in [0.15, 0.2) is 41.5 Å². The van der Waals surface area contributed by atoms with Crippen LogP contribution in [0.1, 0.15) is 18.2 Å². The molecule has 0 fully saturated rings. The molecule has 0 amide bonds. The number of guanidine groups is 1. The van der Waals surface area contributed by atoms with Gasteiger partial charge in [0.1, 0.15) is 0 Å². The summed E-state index contributed by atoms with van der Waals surface area (Å²) >= 11 is 0. The molecular weight excluding hydrogens is 365 g/mol. The van der Waals surface area contributed by atoms with Crippen LogP contribution in [-0.4, -0.2) is 15.7 Å². The van der Waals surface area contributed by atoms with E-state index in [0.29, 0.717) is 12.5 Å². The van der Waals surface area contributed by atoms with Crippen molar-refractivity contribution in [2.45, 2.75) is 19.9 Å². The predicted molar refractivity (Wildman–Crippen MR) is 93.4 cm³/mol. The van der Waals surface area contributed by atoms with E-state index in [1.165, 1.54) is 5.56 Å². The van der Waals surface area contributed by atoms with Crippen molar-refractivity contribution in [3.8, 4) is 0 Å². The second kappa shape index (κ2) is 7.88. The van der Waals surface area contributed by atoms with Crippen molar-refractivity contribution in [3.05, 3.63) is 47.8 Å². The highest BCUT2D eigenvalue weighted by atomic mass is 127. The van der Waals surface area contributed by atoms with Gasteiger partial charge in [-0.1, -0.05) is 19.1 Å². The molecule has 5 nitrogen and oxygen atoms in total. The molecule has 0 spiro atoms. The van der Waals surface area contributed by atoms with Crippen LogP contribution < -0.4 is 11.1 Å². The van der Waals surface area contributed by atoms with Crippen LogP contribution >= 0.6 is 24.0 Å². The zero-order valence-electron chi connectivity index (χ0n) is 11.7. The Balaban J connectivity index is 0.00000200. The first-order valence-corrected chi connectivity index (χ1v) is 6.32. The molecule has 0 aliphatic rings. The molecule has 108 valence electrons. The maximum atomic E-state index is 5.86. The molecule has 1 heterocycles. The van der Waals surface area contributed by atoms with Crippen LogP contribution in [-0.2, 0) is 20.0 Å². The average molecular weight is 385 g/mol. The van der Waals surface area contributed by atoms with Crippen molar-refractivity contribution in [3.63, 3.8) is 0 Å². The molecule has 1 aromatic heterocycles. The van der Waals surface area contributed by atoms with E-state index in [4.69, 9.17) is 5.73 Å². The first-order chi connectivity index (χ1) is 9.17. The van der Waals surface area contributed by atoms with Crippen molar-refractivity contribution in [1.82, 2.24) is 9.78 Å². The third-order valence-corrected chi connectivity index (χ3v) is 2.79. The second-order valence-corrected chi connectivity index (χ2v) is 4.36. The van der Waals surface area contributed by atoms with Gasteiger partial charge in [0.2, 0.25) is 0 Å². The quantitative estimate of drug-likeness (QED) is 0.483. The first kappa shape index (κ1) is 16.5. The number of aliphatic imine (C=N–C) groups is 1. The normalized spacial score (nSPS) is 11.0. The van der Waals surface area contributed by atoms with E-state index in [2.05, 4.69) is 34.5 Å². The van der Waals surface area contributed by atoms with Crippen LogP contribution in [0.25, 0.3) is 0 Å². The van der Waals surface area contributed by atoms with Crippen LogP contribution in [0.3, 0.4) is 0 Å². The Morgan fingerprint density at radius 1 is 1.40 bits per heavy atom. The minimum atomic E-state index is 0. The summed E-state index contributed by atoms with van der Waals surface area (Å²) in [5, 5.41) is 7.33. The maximum absolute atomic E-state index is 5.86. The fourth-order valence-electron chi connectivity index (χ4n) is 1.77. The lowest BCUT2D eigenvalue weighted by Gasteiger charge is -2.06. The van der Waals surface area contributed by atoms with E-state index in [1.54, 1.807) is 4.68 Å². The summed E-state index contributed by atoms with van der Waals surface area (Å²) in [5.41, 5.74) is 8.98. The monoisotopic (exact) mass is 385 g/mol. The molecule has 2 rings (SSSR count). The van der Waals surface area contributed by atoms with Gasteiger partial charge in [0.15, 0.2) is 5.96 Å². The zero-order valence-corrected chi connectivity index (χ0v) is 14.0. The molecule has 6 heteroatoms. The molecule has 0 saturated carbocycles. The molecule has 20 heavy (non-hydrogen) atoms. The summed E-state index contributed by atoms with van der Waals surface area (Å²) in [5.74, 6) is 0.402. The van der Waals surface area contributed by atoms with Gasteiger partial charge in [0, 0.05) is 18.9 Å². The van der Waals surface area contributed by atoms with Gasteiger partial charge in [-0.25, -0.2) is 4.99 Å². The van der Waals surface area contributed by atoms with E-state index >= 15 is 0 Å². The molecule has 1 aromatic carbocycles. The molecule has 0 aliphatic carbocycles. The summed E-state index contributed by atoms with van der Waals surface area (Å²) in [6, 6.07) is 10.1. The van der Waals surface area contributed by atoms with Crippen molar-refractivity contribution in [1.29, 1.82) is 0 Å². The number of hydrogen-bond donors (Lipinski definition) is 2. The number of halogens is 1. The topological polar surface area (TPSA) is 68.2 Å². The highest BCUT2D eigenvalue weighted by Crippen LogP contribution is 2.10. The fourth-order valence-corrected chi connectivity index (χ4v) is 1.77. The highest BCUT2D eigenvalue weighted by molar-refractivity contribution is 14.0. The number of nitrogens with zero attached hydrogens (tertiary/aromatic N) is 3. The van der Waals surface area contributed by atoms with Crippen LogP contribution in [0.2, 0.25) is 0 Å². The predicted octanol–water partition coefficient (Wildman–Crippen LogP) is 2.53. The second-order valence-electron chi connectivity index (χ2n) is 4.36. The Labute approximate surface area is 136 Å². The zero-order chi connectivity index (χ0) is 13.7. The number of benzene rings is 1. The van der Waals surface area contributed by atoms with E-state index in [9.17, 15) is 0 Å². The van der Waals surface area contributed by atoms with E-state index in [0.717, 1.165) is 17.8 Å². The maximum Gasteiger partial charge on any atom is 0.193 e. The Hall–Kier alpha value is -1.57. The molecule has 3 N–H and O–H groups in total. The molecule has 0 atom stereocenters.